The van der Waals surface area contributed by atoms with Crippen LogP contribution in [0.2, 0.25) is 0 Å². The van der Waals surface area contributed by atoms with Crippen LogP contribution in [0.5, 0.6) is 28.7 Å². The molecule has 0 aliphatic heterocycles. The van der Waals surface area contributed by atoms with Crippen molar-refractivity contribution in [3.05, 3.63) is 52.2 Å². The first-order chi connectivity index (χ1) is 25.1. The van der Waals surface area contributed by atoms with Crippen LogP contribution in [0.3, 0.4) is 0 Å². The average Bonchev–Trinajstić information content (AvgIpc) is 3.13. The fourth-order valence-corrected chi connectivity index (χ4v) is 6.14. The molecule has 3 rings (SSSR count). The van der Waals surface area contributed by atoms with E-state index in [-0.39, 0.29) is 59.1 Å². The highest BCUT2D eigenvalue weighted by Crippen LogP contribution is 2.43. The normalized spacial score (nSPS) is 12.7. The first-order valence-corrected chi connectivity index (χ1v) is 18.7. The summed E-state index contributed by atoms with van der Waals surface area (Å²) < 4.78 is 21.8. The van der Waals surface area contributed by atoms with E-state index in [9.17, 15) is 30.0 Å². The van der Waals surface area contributed by atoms with E-state index in [4.69, 9.17) is 23.7 Å². The van der Waals surface area contributed by atoms with Gasteiger partial charge in [-0.2, -0.15) is 0 Å². The summed E-state index contributed by atoms with van der Waals surface area (Å²) in [5.74, 6) is -1.35. The molecule has 1 aromatic heterocycles. The van der Waals surface area contributed by atoms with E-state index in [0.717, 1.165) is 57.8 Å². The molecule has 52 heavy (non-hydrogen) atoms. The van der Waals surface area contributed by atoms with Crippen molar-refractivity contribution in [3.8, 4) is 40.1 Å². The minimum Gasteiger partial charge on any atom is -0.508 e. The maximum atomic E-state index is 13.3. The van der Waals surface area contributed by atoms with E-state index >= 15 is 0 Å². The molecule has 11 heteroatoms. The first-order valence-electron chi connectivity index (χ1n) is 18.7. The molecule has 288 valence electrons. The molecule has 0 fully saturated rings. The van der Waals surface area contributed by atoms with E-state index in [2.05, 4.69) is 12.2 Å². The molecule has 2 aromatic carbocycles. The Morgan fingerprint density at radius 1 is 0.827 bits per heavy atom. The molecule has 0 radical (unpaired) electrons. The van der Waals surface area contributed by atoms with Gasteiger partial charge in [0.25, 0.3) is 0 Å². The Morgan fingerprint density at radius 3 is 2.12 bits per heavy atom. The SMILES string of the molecule is COc1c(O)cc2oc(-c3ccc(O)c(CCC(C)COC(=O)CCCCCCCC/C=C\CCCCCCC(O)CO)c3)c(OC)c(=O)c2c1O. The molecule has 11 nitrogen and oxygen atoms in total. The number of aliphatic hydroxyl groups excluding tert-OH is 2. The van der Waals surface area contributed by atoms with E-state index in [1.54, 1.807) is 12.1 Å². The molecular weight excluding hydrogens is 668 g/mol. The third-order valence-electron chi connectivity index (χ3n) is 9.27. The number of allylic oxidation sites excluding steroid dienone is 2. The molecular formula is C41H58O11. The van der Waals surface area contributed by atoms with E-state index < -0.39 is 23.0 Å². The number of phenols is 3. The number of methoxy groups -OCH3 is 2. The minimum atomic E-state index is -0.646. The van der Waals surface area contributed by atoms with Crippen molar-refractivity contribution in [3.63, 3.8) is 0 Å². The number of unbranched alkanes of at least 4 members (excludes halogenated alkanes) is 10. The Labute approximate surface area is 306 Å². The standard InChI is InChI=1S/C41H58O11/c1-28(27-51-35(46)19-17-15-13-11-9-7-5-4-6-8-10-12-14-16-18-31(43)26-42)20-21-29-24-30(22-23-32(29)44)39-41(50-3)38(48)36-34(52-39)25-33(45)40(49-2)37(36)47/h4,6,22-25,28,31,42-45,47H,5,7-21,26-27H2,1-3H3/b6-4-. The lowest BCUT2D eigenvalue weighted by Gasteiger charge is -2.15. The lowest BCUT2D eigenvalue weighted by Crippen LogP contribution is -2.12. The number of carbonyl (C=O) groups excluding carboxylic acids is 1. The van der Waals surface area contributed by atoms with Gasteiger partial charge in [-0.15, -0.1) is 0 Å². The van der Waals surface area contributed by atoms with Crippen LogP contribution in [0.25, 0.3) is 22.3 Å². The van der Waals surface area contributed by atoms with Crippen LogP contribution in [-0.2, 0) is 16.0 Å². The molecule has 2 atom stereocenters. The number of aryl methyl sites for hydroxylation is 1. The Balaban J connectivity index is 1.34. The van der Waals surface area contributed by atoms with Crippen molar-refractivity contribution in [1.29, 1.82) is 0 Å². The van der Waals surface area contributed by atoms with Crippen LogP contribution in [0.1, 0.15) is 109 Å². The Morgan fingerprint density at radius 2 is 1.46 bits per heavy atom. The summed E-state index contributed by atoms with van der Waals surface area (Å²) in [6, 6.07) is 5.97. The lowest BCUT2D eigenvalue weighted by molar-refractivity contribution is -0.145. The van der Waals surface area contributed by atoms with Crippen LogP contribution in [0.15, 0.2) is 45.6 Å². The van der Waals surface area contributed by atoms with Gasteiger partial charge in [0.2, 0.25) is 16.9 Å². The smallest absolute Gasteiger partial charge is 0.305 e. The largest absolute Gasteiger partial charge is 0.508 e. The summed E-state index contributed by atoms with van der Waals surface area (Å²) in [6.07, 6.45) is 19.2. The van der Waals surface area contributed by atoms with E-state index in [0.29, 0.717) is 36.8 Å². The van der Waals surface area contributed by atoms with Gasteiger partial charge in [0.15, 0.2) is 17.3 Å². The number of fused-ring (bicyclic) bond motifs is 1. The van der Waals surface area contributed by atoms with Crippen molar-refractivity contribution >= 4 is 16.9 Å². The fourth-order valence-electron chi connectivity index (χ4n) is 6.14. The van der Waals surface area contributed by atoms with Gasteiger partial charge in [-0.3, -0.25) is 9.59 Å². The van der Waals surface area contributed by atoms with Crippen molar-refractivity contribution in [1.82, 2.24) is 0 Å². The van der Waals surface area contributed by atoms with Gasteiger partial charge in [-0.1, -0.05) is 64.0 Å². The molecule has 5 N–H and O–H groups in total. The second kappa shape index (κ2) is 22.7. The zero-order valence-electron chi connectivity index (χ0n) is 31.0. The maximum Gasteiger partial charge on any atom is 0.305 e. The number of phenolic OH excluding ortho intramolecular Hbond substituents is 3. The second-order valence-corrected chi connectivity index (χ2v) is 13.6. The van der Waals surface area contributed by atoms with Gasteiger partial charge in [0, 0.05) is 18.1 Å². The quantitative estimate of drug-likeness (QED) is 0.0324. The average molecular weight is 727 g/mol. The van der Waals surface area contributed by atoms with Crippen LogP contribution in [0, 0.1) is 5.92 Å². The number of ether oxygens (including phenoxy) is 3. The van der Waals surface area contributed by atoms with E-state index in [1.165, 1.54) is 45.6 Å². The molecule has 0 saturated heterocycles. The highest BCUT2D eigenvalue weighted by atomic mass is 16.5. The molecule has 0 saturated carbocycles. The lowest BCUT2D eigenvalue weighted by atomic mass is 9.98. The summed E-state index contributed by atoms with van der Waals surface area (Å²) in [6.45, 7) is 2.12. The second-order valence-electron chi connectivity index (χ2n) is 13.6. The van der Waals surface area contributed by atoms with Gasteiger partial charge in [0.05, 0.1) is 33.5 Å². The summed E-state index contributed by atoms with van der Waals surface area (Å²) in [5, 5.41) is 49.3. The minimum absolute atomic E-state index is 0.0486. The fraction of sp³-hybridized carbons (Fsp3) is 0.561. The molecule has 1 heterocycles. The Bertz CT molecular complexity index is 1630. The number of carbonyl (C=O) groups is 1. The predicted molar refractivity (Wildman–Crippen MR) is 201 cm³/mol. The van der Waals surface area contributed by atoms with Gasteiger partial charge in [-0.05, 0) is 81.0 Å². The number of hydrogen-bond acceptors (Lipinski definition) is 11. The van der Waals surface area contributed by atoms with Gasteiger partial charge < -0.3 is 44.2 Å². The maximum absolute atomic E-state index is 13.3. The van der Waals surface area contributed by atoms with Gasteiger partial charge in [-0.25, -0.2) is 0 Å². The molecule has 0 bridgehead atoms. The third kappa shape index (κ3) is 13.1. The van der Waals surface area contributed by atoms with Crippen molar-refractivity contribution < 1.29 is 49.0 Å². The Hall–Kier alpha value is -4.22. The number of aliphatic hydroxyl groups is 2. The highest BCUT2D eigenvalue weighted by molar-refractivity contribution is 5.91. The molecule has 3 aromatic rings. The van der Waals surface area contributed by atoms with Crippen LogP contribution in [-0.4, -0.2) is 65.0 Å². The summed E-state index contributed by atoms with van der Waals surface area (Å²) >= 11 is 0. The van der Waals surface area contributed by atoms with Gasteiger partial charge >= 0.3 is 5.97 Å². The van der Waals surface area contributed by atoms with Crippen LogP contribution in [0.4, 0.5) is 0 Å². The van der Waals surface area contributed by atoms with E-state index in [1.807, 2.05) is 6.92 Å². The first kappa shape index (κ1) is 42.2. The zero-order chi connectivity index (χ0) is 37.9. The third-order valence-corrected chi connectivity index (χ3v) is 9.27. The molecule has 2 unspecified atom stereocenters. The van der Waals surface area contributed by atoms with Crippen molar-refractivity contribution in [2.75, 3.05) is 27.4 Å². The molecule has 0 spiro atoms. The number of aromatic hydroxyl groups is 3. The van der Waals surface area contributed by atoms with Crippen molar-refractivity contribution in [2.45, 2.75) is 116 Å². The van der Waals surface area contributed by atoms with Gasteiger partial charge in [0.1, 0.15) is 16.7 Å². The number of esters is 1. The summed E-state index contributed by atoms with van der Waals surface area (Å²) in [4.78, 5) is 25.6. The summed E-state index contributed by atoms with van der Waals surface area (Å²) in [7, 11) is 2.57. The number of rotatable bonds is 25. The molecule has 0 amide bonds. The van der Waals surface area contributed by atoms with Crippen LogP contribution < -0.4 is 14.9 Å². The highest BCUT2D eigenvalue weighted by Gasteiger charge is 2.24. The monoisotopic (exact) mass is 726 g/mol. The number of benzene rings is 2. The van der Waals surface area contributed by atoms with Crippen LogP contribution >= 0.6 is 0 Å². The topological polar surface area (TPSA) is 176 Å². The van der Waals surface area contributed by atoms with Crippen molar-refractivity contribution in [2.24, 2.45) is 5.92 Å². The predicted octanol–water partition coefficient (Wildman–Crippen LogP) is 8.08. The zero-order valence-corrected chi connectivity index (χ0v) is 31.0. The molecule has 0 aliphatic carbocycles. The Kier molecular flexibility index (Phi) is 18.4. The summed E-state index contributed by atoms with van der Waals surface area (Å²) in [5.41, 5.74) is 0.362. The number of hydrogen-bond donors (Lipinski definition) is 5. The molecule has 0 aliphatic rings.